The molecule has 0 aromatic carbocycles. The normalized spacial score (nSPS) is 28.6. The fourth-order valence-corrected chi connectivity index (χ4v) is 2.07. The lowest BCUT2D eigenvalue weighted by atomic mass is 10.0. The molecule has 1 heterocycles. The van der Waals surface area contributed by atoms with E-state index in [0.29, 0.717) is 0 Å². The molecule has 0 aromatic rings. The Balaban J connectivity index is 0.000000322. The van der Waals surface area contributed by atoms with Crippen LogP contribution in [0.3, 0.4) is 0 Å². The lowest BCUT2D eigenvalue weighted by Gasteiger charge is -2.12. The predicted octanol–water partition coefficient (Wildman–Crippen LogP) is 3.54. The summed E-state index contributed by atoms with van der Waals surface area (Å²) in [5.74, 6) is 0. The van der Waals surface area contributed by atoms with Crippen LogP contribution in [0.5, 0.6) is 0 Å². The summed E-state index contributed by atoms with van der Waals surface area (Å²) in [7, 11) is 2.25. The maximum atomic E-state index is 2.49. The Hall–Kier alpha value is -0.0400. The van der Waals surface area contributed by atoms with E-state index in [9.17, 15) is 0 Å². The summed E-state index contributed by atoms with van der Waals surface area (Å²) in [5, 5.41) is 0. The highest BCUT2D eigenvalue weighted by Crippen LogP contribution is 2.54. The van der Waals surface area contributed by atoms with Crippen LogP contribution in [-0.4, -0.2) is 24.5 Å². The first-order chi connectivity index (χ1) is 6.22. The van der Waals surface area contributed by atoms with Gasteiger partial charge in [0.15, 0.2) is 0 Å². The zero-order valence-corrected chi connectivity index (χ0v) is 10.4. The second-order valence-corrected chi connectivity index (χ2v) is 3.97. The Morgan fingerprint density at radius 3 is 1.69 bits per heavy atom. The van der Waals surface area contributed by atoms with E-state index in [1.807, 2.05) is 27.7 Å². The molecule has 1 heteroatoms. The van der Waals surface area contributed by atoms with Crippen molar-refractivity contribution < 1.29 is 0 Å². The molecule has 2 rings (SSSR count). The third-order valence-electron chi connectivity index (χ3n) is 3.02. The number of rotatable bonds is 0. The van der Waals surface area contributed by atoms with E-state index in [1.54, 1.807) is 0 Å². The minimum absolute atomic E-state index is 0.814. The van der Waals surface area contributed by atoms with Crippen LogP contribution in [0.15, 0.2) is 0 Å². The first-order valence-corrected chi connectivity index (χ1v) is 5.92. The van der Waals surface area contributed by atoms with Gasteiger partial charge in [-0.05, 0) is 38.6 Å². The average molecular weight is 185 g/mol. The van der Waals surface area contributed by atoms with Crippen molar-refractivity contribution in [1.82, 2.24) is 4.90 Å². The van der Waals surface area contributed by atoms with Gasteiger partial charge in [-0.3, -0.25) is 0 Å². The quantitative estimate of drug-likeness (QED) is 0.558. The van der Waals surface area contributed by atoms with Gasteiger partial charge in [0, 0.05) is 12.6 Å². The lowest BCUT2D eigenvalue weighted by molar-refractivity contribution is 0.323. The van der Waals surface area contributed by atoms with Gasteiger partial charge in [0.25, 0.3) is 0 Å². The summed E-state index contributed by atoms with van der Waals surface area (Å²) < 4.78 is 0. The Kier molecular flexibility index (Phi) is 5.62. The molecule has 1 saturated heterocycles. The zero-order chi connectivity index (χ0) is 10.5. The molecule has 13 heavy (non-hydrogen) atoms. The highest BCUT2D eigenvalue weighted by Gasteiger charge is 2.49. The van der Waals surface area contributed by atoms with E-state index in [4.69, 9.17) is 0 Å². The van der Waals surface area contributed by atoms with Crippen LogP contribution in [0.2, 0.25) is 0 Å². The molecule has 1 aliphatic heterocycles. The topological polar surface area (TPSA) is 3.24 Å². The predicted molar refractivity (Wildman–Crippen MR) is 61.1 cm³/mol. The number of hydrogen-bond donors (Lipinski definition) is 0. The molecule has 0 N–H and O–H groups in total. The van der Waals surface area contributed by atoms with E-state index in [2.05, 4.69) is 18.9 Å². The summed E-state index contributed by atoms with van der Waals surface area (Å²) in [6.45, 7) is 11.7. The van der Waals surface area contributed by atoms with Crippen LogP contribution >= 0.6 is 0 Å². The molecule has 80 valence electrons. The van der Waals surface area contributed by atoms with Crippen LogP contribution < -0.4 is 0 Å². The smallest absolute Gasteiger partial charge is 0.00698 e. The molecular weight excluding hydrogens is 158 g/mol. The first kappa shape index (κ1) is 13.0. The minimum atomic E-state index is 0.814. The Bertz CT molecular complexity index is 115. The van der Waals surface area contributed by atoms with Crippen LogP contribution in [-0.2, 0) is 0 Å². The SMILES string of the molecule is CC.CC.CC1CC2(CC2)CN1C. The molecule has 1 atom stereocenters. The van der Waals surface area contributed by atoms with Gasteiger partial charge < -0.3 is 4.90 Å². The minimum Gasteiger partial charge on any atom is -0.303 e. The summed E-state index contributed by atoms with van der Waals surface area (Å²) in [5.41, 5.74) is 0.814. The van der Waals surface area contributed by atoms with Gasteiger partial charge in [-0.15, -0.1) is 0 Å². The van der Waals surface area contributed by atoms with E-state index >= 15 is 0 Å². The molecule has 0 radical (unpaired) electrons. The van der Waals surface area contributed by atoms with Gasteiger partial charge >= 0.3 is 0 Å². The molecule has 1 saturated carbocycles. The summed E-state index contributed by atoms with van der Waals surface area (Å²) in [6, 6.07) is 0.854. The van der Waals surface area contributed by atoms with Crippen molar-refractivity contribution in [1.29, 1.82) is 0 Å². The maximum absolute atomic E-state index is 2.49. The maximum Gasteiger partial charge on any atom is 0.00698 e. The van der Waals surface area contributed by atoms with Crippen LogP contribution in [0.1, 0.15) is 53.9 Å². The fourth-order valence-electron chi connectivity index (χ4n) is 2.07. The summed E-state index contributed by atoms with van der Waals surface area (Å²) >= 11 is 0. The molecule has 0 bridgehead atoms. The van der Waals surface area contributed by atoms with Gasteiger partial charge in [0.05, 0.1) is 0 Å². The van der Waals surface area contributed by atoms with Gasteiger partial charge in [-0.25, -0.2) is 0 Å². The summed E-state index contributed by atoms with van der Waals surface area (Å²) in [6.07, 6.45) is 4.47. The van der Waals surface area contributed by atoms with E-state index in [1.165, 1.54) is 25.8 Å². The molecule has 1 nitrogen and oxygen atoms in total. The number of nitrogens with zero attached hydrogens (tertiary/aromatic N) is 1. The first-order valence-electron chi connectivity index (χ1n) is 5.92. The van der Waals surface area contributed by atoms with Crippen molar-refractivity contribution in [2.75, 3.05) is 13.6 Å². The molecule has 1 unspecified atom stereocenters. The standard InChI is InChI=1S/C8H15N.2C2H6/c1-7-5-8(3-4-8)6-9(7)2;2*1-2/h7H,3-6H2,1-2H3;2*1-2H3. The van der Waals surface area contributed by atoms with Crippen molar-refractivity contribution >= 4 is 0 Å². The molecule has 2 fully saturated rings. The lowest BCUT2D eigenvalue weighted by Crippen LogP contribution is -2.21. The molecule has 0 amide bonds. The highest BCUT2D eigenvalue weighted by molar-refractivity contribution is 5.02. The third-order valence-corrected chi connectivity index (χ3v) is 3.02. The average Bonchev–Trinajstić information content (AvgIpc) is 2.84. The van der Waals surface area contributed by atoms with Crippen molar-refractivity contribution in [2.45, 2.75) is 59.9 Å². The van der Waals surface area contributed by atoms with Gasteiger partial charge in [-0.2, -0.15) is 0 Å². The molecule has 2 aliphatic rings. The zero-order valence-electron chi connectivity index (χ0n) is 10.4. The second-order valence-electron chi connectivity index (χ2n) is 3.97. The van der Waals surface area contributed by atoms with Crippen LogP contribution in [0.4, 0.5) is 0 Å². The second kappa shape index (κ2) is 5.64. The summed E-state index contributed by atoms with van der Waals surface area (Å²) in [4.78, 5) is 2.49. The fraction of sp³-hybridized carbons (Fsp3) is 1.00. The third kappa shape index (κ3) is 3.30. The Morgan fingerprint density at radius 1 is 1.08 bits per heavy atom. The van der Waals surface area contributed by atoms with Crippen LogP contribution in [0.25, 0.3) is 0 Å². The number of hydrogen-bond acceptors (Lipinski definition) is 1. The van der Waals surface area contributed by atoms with Crippen molar-refractivity contribution in [3.8, 4) is 0 Å². The van der Waals surface area contributed by atoms with E-state index in [0.717, 1.165) is 11.5 Å². The molecule has 1 spiro atoms. The van der Waals surface area contributed by atoms with Gasteiger partial charge in [0.2, 0.25) is 0 Å². The van der Waals surface area contributed by atoms with Crippen molar-refractivity contribution in [2.24, 2.45) is 5.41 Å². The van der Waals surface area contributed by atoms with Crippen molar-refractivity contribution in [3.63, 3.8) is 0 Å². The highest BCUT2D eigenvalue weighted by atomic mass is 15.2. The Labute approximate surface area is 84.5 Å². The van der Waals surface area contributed by atoms with E-state index < -0.39 is 0 Å². The largest absolute Gasteiger partial charge is 0.303 e. The van der Waals surface area contributed by atoms with Crippen LogP contribution in [0, 0.1) is 5.41 Å². The molecular formula is C12H27N. The molecule has 1 aliphatic carbocycles. The Morgan fingerprint density at radius 2 is 1.54 bits per heavy atom. The van der Waals surface area contributed by atoms with E-state index in [-0.39, 0.29) is 0 Å². The molecule has 0 aromatic heterocycles. The monoisotopic (exact) mass is 185 g/mol. The number of likely N-dealkylation sites (tertiary alicyclic amines) is 1. The van der Waals surface area contributed by atoms with Gasteiger partial charge in [-0.1, -0.05) is 27.7 Å². The van der Waals surface area contributed by atoms with Crippen molar-refractivity contribution in [3.05, 3.63) is 0 Å². The van der Waals surface area contributed by atoms with Gasteiger partial charge in [0.1, 0.15) is 0 Å².